The van der Waals surface area contributed by atoms with Crippen LogP contribution in [0.25, 0.3) is 0 Å². The molecule has 18 heavy (non-hydrogen) atoms. The van der Waals surface area contributed by atoms with Gasteiger partial charge in [0.05, 0.1) is 0 Å². The monoisotopic (exact) mass is 255 g/mol. The predicted molar refractivity (Wildman–Crippen MR) is 71.3 cm³/mol. The summed E-state index contributed by atoms with van der Waals surface area (Å²) < 4.78 is 0. The Morgan fingerprint density at radius 3 is 2.44 bits per heavy atom. The highest BCUT2D eigenvalue weighted by atomic mass is 16.2. The Morgan fingerprint density at radius 2 is 1.78 bits per heavy atom. The molecule has 0 aromatic carbocycles. The lowest BCUT2D eigenvalue weighted by molar-refractivity contribution is -0.120. The topological polar surface area (TPSA) is 70.2 Å². The Labute approximate surface area is 109 Å². The number of carbonyl (C=O) groups is 2. The molecule has 1 saturated carbocycles. The normalized spacial score (nSPS) is 16.1. The lowest BCUT2D eigenvalue weighted by atomic mass is 9.96. The minimum Gasteiger partial charge on any atom is -0.356 e. The molecule has 0 bridgehead atoms. The molecule has 0 unspecified atom stereocenters. The molecule has 1 aliphatic carbocycles. The Morgan fingerprint density at radius 1 is 1.06 bits per heavy atom. The van der Waals surface area contributed by atoms with Gasteiger partial charge in [-0.25, -0.2) is 4.79 Å². The van der Waals surface area contributed by atoms with E-state index in [1.54, 1.807) is 0 Å². The average molecular weight is 255 g/mol. The van der Waals surface area contributed by atoms with Crippen molar-refractivity contribution in [3.63, 3.8) is 0 Å². The standard InChI is InChI=1S/C13H25N3O2/c1-2-9-14-12(17)8-10-15-13(18)16-11-6-4-3-5-7-11/h11H,2-10H2,1H3,(H,14,17)(H2,15,16,18). The number of amides is 3. The quantitative estimate of drug-likeness (QED) is 0.673. The van der Waals surface area contributed by atoms with Gasteiger partial charge in [0, 0.05) is 25.6 Å². The van der Waals surface area contributed by atoms with E-state index >= 15 is 0 Å². The molecule has 0 heterocycles. The van der Waals surface area contributed by atoms with Gasteiger partial charge in [-0.05, 0) is 19.3 Å². The largest absolute Gasteiger partial charge is 0.356 e. The summed E-state index contributed by atoms with van der Waals surface area (Å²) in [5.41, 5.74) is 0. The van der Waals surface area contributed by atoms with E-state index in [-0.39, 0.29) is 11.9 Å². The molecule has 0 spiro atoms. The third-order valence-corrected chi connectivity index (χ3v) is 3.15. The number of carbonyl (C=O) groups excluding carboxylic acids is 2. The molecule has 0 aliphatic heterocycles. The highest BCUT2D eigenvalue weighted by Gasteiger charge is 2.15. The smallest absolute Gasteiger partial charge is 0.315 e. The van der Waals surface area contributed by atoms with Crippen LogP contribution in [-0.4, -0.2) is 31.1 Å². The van der Waals surface area contributed by atoms with Gasteiger partial charge in [-0.2, -0.15) is 0 Å². The van der Waals surface area contributed by atoms with Crippen LogP contribution in [0, 0.1) is 0 Å². The van der Waals surface area contributed by atoms with Crippen LogP contribution in [0.3, 0.4) is 0 Å². The molecule has 1 aliphatic rings. The first kappa shape index (κ1) is 14.8. The molecule has 5 nitrogen and oxygen atoms in total. The zero-order valence-electron chi connectivity index (χ0n) is 11.3. The first-order chi connectivity index (χ1) is 8.72. The van der Waals surface area contributed by atoms with Gasteiger partial charge in [0.2, 0.25) is 5.91 Å². The van der Waals surface area contributed by atoms with Crippen molar-refractivity contribution >= 4 is 11.9 Å². The van der Waals surface area contributed by atoms with Crippen LogP contribution >= 0.6 is 0 Å². The van der Waals surface area contributed by atoms with Crippen molar-refractivity contribution in [2.24, 2.45) is 0 Å². The Kier molecular flexibility index (Phi) is 7.22. The highest BCUT2D eigenvalue weighted by molar-refractivity contribution is 5.78. The molecule has 0 aromatic heterocycles. The zero-order valence-corrected chi connectivity index (χ0v) is 11.3. The van der Waals surface area contributed by atoms with Crippen molar-refractivity contribution in [2.45, 2.75) is 57.9 Å². The third-order valence-electron chi connectivity index (χ3n) is 3.15. The van der Waals surface area contributed by atoms with E-state index in [1.807, 2.05) is 6.92 Å². The van der Waals surface area contributed by atoms with E-state index in [0.29, 0.717) is 25.6 Å². The molecule has 104 valence electrons. The fourth-order valence-corrected chi connectivity index (χ4v) is 2.13. The zero-order chi connectivity index (χ0) is 13.2. The molecule has 0 saturated heterocycles. The van der Waals surface area contributed by atoms with Crippen molar-refractivity contribution in [1.29, 1.82) is 0 Å². The summed E-state index contributed by atoms with van der Waals surface area (Å²) >= 11 is 0. The molecular formula is C13H25N3O2. The summed E-state index contributed by atoms with van der Waals surface area (Å²) in [7, 11) is 0. The van der Waals surface area contributed by atoms with Gasteiger partial charge < -0.3 is 16.0 Å². The fraction of sp³-hybridized carbons (Fsp3) is 0.846. The van der Waals surface area contributed by atoms with E-state index in [2.05, 4.69) is 16.0 Å². The maximum absolute atomic E-state index is 11.6. The predicted octanol–water partition coefficient (Wildman–Crippen LogP) is 1.53. The number of hydrogen-bond donors (Lipinski definition) is 3. The molecule has 3 N–H and O–H groups in total. The van der Waals surface area contributed by atoms with Crippen LogP contribution in [0.5, 0.6) is 0 Å². The molecular weight excluding hydrogens is 230 g/mol. The third kappa shape index (κ3) is 6.47. The molecule has 5 heteroatoms. The van der Waals surface area contributed by atoms with Crippen LogP contribution in [0.4, 0.5) is 4.79 Å². The van der Waals surface area contributed by atoms with Crippen molar-refractivity contribution in [3.05, 3.63) is 0 Å². The minimum absolute atomic E-state index is 0.00480. The SMILES string of the molecule is CCCNC(=O)CCNC(=O)NC1CCCCC1. The first-order valence-corrected chi connectivity index (χ1v) is 7.03. The second kappa shape index (κ2) is 8.78. The van der Waals surface area contributed by atoms with Crippen molar-refractivity contribution in [2.75, 3.05) is 13.1 Å². The maximum Gasteiger partial charge on any atom is 0.315 e. The molecule has 3 amide bonds. The van der Waals surface area contributed by atoms with Crippen molar-refractivity contribution in [1.82, 2.24) is 16.0 Å². The first-order valence-electron chi connectivity index (χ1n) is 7.03. The molecule has 1 fully saturated rings. The van der Waals surface area contributed by atoms with Gasteiger partial charge in [-0.1, -0.05) is 26.2 Å². The van der Waals surface area contributed by atoms with Crippen LogP contribution in [0.15, 0.2) is 0 Å². The summed E-state index contributed by atoms with van der Waals surface area (Å²) in [6.07, 6.45) is 7.10. The average Bonchev–Trinajstić information content (AvgIpc) is 2.37. The molecule has 0 aromatic rings. The number of rotatable bonds is 6. The van der Waals surface area contributed by atoms with Crippen molar-refractivity contribution in [3.8, 4) is 0 Å². The van der Waals surface area contributed by atoms with Crippen LogP contribution < -0.4 is 16.0 Å². The fourth-order valence-electron chi connectivity index (χ4n) is 2.13. The number of nitrogens with one attached hydrogen (secondary N) is 3. The summed E-state index contributed by atoms with van der Waals surface area (Å²) in [5.74, 6) is -0.00480. The lowest BCUT2D eigenvalue weighted by Crippen LogP contribution is -2.43. The number of hydrogen-bond acceptors (Lipinski definition) is 2. The summed E-state index contributed by atoms with van der Waals surface area (Å²) in [6, 6.07) is 0.165. The van der Waals surface area contributed by atoms with Gasteiger partial charge >= 0.3 is 6.03 Å². The van der Waals surface area contributed by atoms with Gasteiger partial charge in [-0.3, -0.25) is 4.79 Å². The summed E-state index contributed by atoms with van der Waals surface area (Å²) in [5, 5.41) is 8.46. The Hall–Kier alpha value is -1.26. The second-order valence-corrected chi connectivity index (χ2v) is 4.84. The van der Waals surface area contributed by atoms with E-state index in [4.69, 9.17) is 0 Å². The van der Waals surface area contributed by atoms with E-state index < -0.39 is 0 Å². The molecule has 1 rings (SSSR count). The Bertz CT molecular complexity index is 263. The van der Waals surface area contributed by atoms with Crippen LogP contribution in [-0.2, 0) is 4.79 Å². The van der Waals surface area contributed by atoms with E-state index in [9.17, 15) is 9.59 Å². The minimum atomic E-state index is -0.148. The van der Waals surface area contributed by atoms with E-state index in [1.165, 1.54) is 19.3 Å². The van der Waals surface area contributed by atoms with Gasteiger partial charge in [0.25, 0.3) is 0 Å². The van der Waals surface area contributed by atoms with Gasteiger partial charge in [0.1, 0.15) is 0 Å². The summed E-state index contributed by atoms with van der Waals surface area (Å²) in [6.45, 7) is 3.11. The number of urea groups is 1. The van der Waals surface area contributed by atoms with Gasteiger partial charge in [0.15, 0.2) is 0 Å². The lowest BCUT2D eigenvalue weighted by Gasteiger charge is -2.22. The van der Waals surface area contributed by atoms with E-state index in [0.717, 1.165) is 19.3 Å². The highest BCUT2D eigenvalue weighted by Crippen LogP contribution is 2.16. The van der Waals surface area contributed by atoms with Gasteiger partial charge in [-0.15, -0.1) is 0 Å². The van der Waals surface area contributed by atoms with Crippen molar-refractivity contribution < 1.29 is 9.59 Å². The Balaban J connectivity index is 2.04. The molecule has 0 atom stereocenters. The van der Waals surface area contributed by atoms with Crippen LogP contribution in [0.2, 0.25) is 0 Å². The van der Waals surface area contributed by atoms with Crippen LogP contribution in [0.1, 0.15) is 51.9 Å². The summed E-state index contributed by atoms with van der Waals surface area (Å²) in [4.78, 5) is 22.8. The maximum atomic E-state index is 11.6. The second-order valence-electron chi connectivity index (χ2n) is 4.84. The molecule has 0 radical (unpaired) electrons.